The lowest BCUT2D eigenvalue weighted by atomic mass is 10.0. The van der Waals surface area contributed by atoms with Crippen LogP contribution in [0.2, 0.25) is 4.34 Å². The monoisotopic (exact) mass is 612 g/mol. The molecule has 3 aromatic heterocycles. The van der Waals surface area contributed by atoms with Crippen LogP contribution in [0.5, 0.6) is 0 Å². The molecule has 12 heteroatoms. The highest BCUT2D eigenvalue weighted by atomic mass is 35.5. The molecule has 0 aliphatic carbocycles. The summed E-state index contributed by atoms with van der Waals surface area (Å²) in [6.07, 6.45) is 5.14. The summed E-state index contributed by atoms with van der Waals surface area (Å²) in [5, 5.41) is 3.95. The summed E-state index contributed by atoms with van der Waals surface area (Å²) < 4.78 is 26.7. The number of pyridine rings is 2. The molecule has 1 aliphatic rings. The number of thiophene rings is 1. The van der Waals surface area contributed by atoms with Crippen molar-refractivity contribution in [3.05, 3.63) is 86.2 Å². The zero-order valence-electron chi connectivity index (χ0n) is 22.4. The first kappa shape index (κ1) is 29.1. The average molecular weight is 613 g/mol. The summed E-state index contributed by atoms with van der Waals surface area (Å²) in [6, 6.07) is 11.4. The number of likely N-dealkylation sites (tertiary alicyclic amines) is 1. The number of carbonyl (C=O) groups excluding carboxylic acids is 2. The van der Waals surface area contributed by atoms with E-state index >= 15 is 0 Å². The number of ketones is 1. The Balaban J connectivity index is 1.36. The summed E-state index contributed by atoms with van der Waals surface area (Å²) in [6.45, 7) is 5.25. The van der Waals surface area contributed by atoms with Crippen LogP contribution in [-0.2, 0) is 21.1 Å². The standard InChI is InChI=1S/C29H29ClN4O5S2/c1-19-4-6-22-23(14-19)24(28(36)31-10-13-33-11-2-3-12-33)17-34(29(22)37)26-8-5-20(16-32-26)15-21(35)18-41(38,39)27-9-7-25(30)40-27/h4-9,14,16-17H,2-3,10-13,15,18H2,1H3,(H,31,36). The number of nitrogens with one attached hydrogen (secondary N) is 1. The van der Waals surface area contributed by atoms with Gasteiger partial charge in [-0.1, -0.05) is 35.4 Å². The van der Waals surface area contributed by atoms with Gasteiger partial charge in [0.15, 0.2) is 15.6 Å². The van der Waals surface area contributed by atoms with Crippen molar-refractivity contribution < 1.29 is 18.0 Å². The minimum Gasteiger partial charge on any atom is -0.351 e. The summed E-state index contributed by atoms with van der Waals surface area (Å²) in [5.74, 6) is -1.13. The number of rotatable bonds is 10. The summed E-state index contributed by atoms with van der Waals surface area (Å²) in [5.41, 5.74) is 1.47. The molecule has 4 heterocycles. The van der Waals surface area contributed by atoms with Gasteiger partial charge in [0.05, 0.1) is 9.90 Å². The number of carbonyl (C=O) groups is 2. The molecule has 0 radical (unpaired) electrons. The van der Waals surface area contributed by atoms with Crippen molar-refractivity contribution >= 4 is 55.2 Å². The van der Waals surface area contributed by atoms with Crippen molar-refractivity contribution in [2.24, 2.45) is 0 Å². The number of hydrogen-bond acceptors (Lipinski definition) is 8. The van der Waals surface area contributed by atoms with Crippen LogP contribution in [0.3, 0.4) is 0 Å². The molecule has 0 spiro atoms. The van der Waals surface area contributed by atoms with Gasteiger partial charge in [0.2, 0.25) is 0 Å². The Morgan fingerprint density at radius 1 is 1.07 bits per heavy atom. The lowest BCUT2D eigenvalue weighted by Crippen LogP contribution is -2.34. The normalized spacial score (nSPS) is 14.0. The van der Waals surface area contributed by atoms with Crippen molar-refractivity contribution in [3.63, 3.8) is 0 Å². The van der Waals surface area contributed by atoms with E-state index in [1.165, 1.54) is 41.9 Å². The second-order valence-electron chi connectivity index (χ2n) is 10.1. The number of aromatic nitrogens is 2. The predicted molar refractivity (Wildman–Crippen MR) is 160 cm³/mol. The van der Waals surface area contributed by atoms with E-state index in [-0.39, 0.29) is 27.9 Å². The van der Waals surface area contributed by atoms with Crippen LogP contribution in [0.25, 0.3) is 16.6 Å². The maximum Gasteiger partial charge on any atom is 0.264 e. The Morgan fingerprint density at radius 3 is 2.54 bits per heavy atom. The average Bonchev–Trinajstić information content (AvgIpc) is 3.61. The van der Waals surface area contributed by atoms with Crippen molar-refractivity contribution in [2.45, 2.75) is 30.4 Å². The van der Waals surface area contributed by atoms with Crippen molar-refractivity contribution in [1.82, 2.24) is 19.8 Å². The minimum absolute atomic E-state index is 0.0473. The van der Waals surface area contributed by atoms with Gasteiger partial charge in [-0.3, -0.25) is 19.0 Å². The van der Waals surface area contributed by atoms with Gasteiger partial charge in [-0.05, 0) is 62.7 Å². The number of amides is 1. The highest BCUT2D eigenvalue weighted by Crippen LogP contribution is 2.26. The molecule has 41 heavy (non-hydrogen) atoms. The number of sulfone groups is 1. The van der Waals surface area contributed by atoms with Crippen molar-refractivity contribution in [1.29, 1.82) is 0 Å². The lowest BCUT2D eigenvalue weighted by molar-refractivity contribution is -0.116. The third-order valence-electron chi connectivity index (χ3n) is 6.99. The molecule has 1 aromatic carbocycles. The molecule has 0 atom stereocenters. The quantitative estimate of drug-likeness (QED) is 0.289. The highest BCUT2D eigenvalue weighted by Gasteiger charge is 2.22. The molecule has 0 saturated carbocycles. The summed E-state index contributed by atoms with van der Waals surface area (Å²) in [7, 11) is -3.79. The van der Waals surface area contributed by atoms with E-state index in [1.807, 2.05) is 19.1 Å². The van der Waals surface area contributed by atoms with E-state index < -0.39 is 21.4 Å². The molecule has 1 saturated heterocycles. The van der Waals surface area contributed by atoms with Gasteiger partial charge in [0.1, 0.15) is 15.8 Å². The molecule has 214 valence electrons. The minimum atomic E-state index is -3.79. The van der Waals surface area contributed by atoms with E-state index in [1.54, 1.807) is 18.2 Å². The molecule has 1 N–H and O–H groups in total. The van der Waals surface area contributed by atoms with Crippen LogP contribution >= 0.6 is 22.9 Å². The van der Waals surface area contributed by atoms with E-state index in [2.05, 4.69) is 15.2 Å². The highest BCUT2D eigenvalue weighted by molar-refractivity contribution is 7.94. The SMILES string of the molecule is Cc1ccc2c(=O)n(-c3ccc(CC(=O)CS(=O)(=O)c4ccc(Cl)s4)cn3)cc(C(=O)NCCN3CCCC3)c2c1. The topological polar surface area (TPSA) is 118 Å². The Kier molecular flexibility index (Phi) is 8.69. The molecule has 0 bridgehead atoms. The van der Waals surface area contributed by atoms with Crippen molar-refractivity contribution in [2.75, 3.05) is 31.9 Å². The van der Waals surface area contributed by atoms with E-state index in [4.69, 9.17) is 11.6 Å². The maximum atomic E-state index is 13.4. The van der Waals surface area contributed by atoms with Crippen LogP contribution < -0.4 is 10.9 Å². The molecule has 9 nitrogen and oxygen atoms in total. The first-order valence-corrected chi connectivity index (χ1v) is 16.1. The molecular formula is C29H29ClN4O5S2. The number of nitrogens with zero attached hydrogens (tertiary/aromatic N) is 3. The van der Waals surface area contributed by atoms with Crippen LogP contribution in [0.15, 0.2) is 63.9 Å². The summed E-state index contributed by atoms with van der Waals surface area (Å²) in [4.78, 5) is 45.9. The molecule has 0 unspecified atom stereocenters. The lowest BCUT2D eigenvalue weighted by Gasteiger charge is -2.16. The van der Waals surface area contributed by atoms with E-state index in [0.717, 1.165) is 36.5 Å². The second-order valence-corrected chi connectivity index (χ2v) is 14.1. The zero-order chi connectivity index (χ0) is 29.1. The first-order chi connectivity index (χ1) is 19.6. The third-order valence-corrected chi connectivity index (χ3v) is 10.5. The van der Waals surface area contributed by atoms with Crippen molar-refractivity contribution in [3.8, 4) is 5.82 Å². The Hall–Kier alpha value is -3.38. The van der Waals surface area contributed by atoms with Gasteiger partial charge in [-0.2, -0.15) is 0 Å². The second kappa shape index (κ2) is 12.2. The van der Waals surface area contributed by atoms with Gasteiger partial charge in [-0.15, -0.1) is 11.3 Å². The van der Waals surface area contributed by atoms with Crippen LogP contribution in [0.4, 0.5) is 0 Å². The zero-order valence-corrected chi connectivity index (χ0v) is 24.8. The van der Waals surface area contributed by atoms with Gasteiger partial charge < -0.3 is 10.2 Å². The third kappa shape index (κ3) is 6.75. The van der Waals surface area contributed by atoms with E-state index in [0.29, 0.717) is 32.8 Å². The molecule has 1 aliphatic heterocycles. The number of hydrogen-bond donors (Lipinski definition) is 1. The predicted octanol–water partition coefficient (Wildman–Crippen LogP) is 3.82. The van der Waals surface area contributed by atoms with Crippen LogP contribution in [0.1, 0.15) is 34.3 Å². The Morgan fingerprint density at radius 2 is 1.85 bits per heavy atom. The fourth-order valence-corrected chi connectivity index (χ4v) is 7.74. The van der Waals surface area contributed by atoms with Crippen LogP contribution in [-0.4, -0.2) is 66.5 Å². The van der Waals surface area contributed by atoms with E-state index in [9.17, 15) is 22.8 Å². The largest absolute Gasteiger partial charge is 0.351 e. The molecule has 5 rings (SSSR count). The van der Waals surface area contributed by atoms with Gasteiger partial charge in [0, 0.05) is 42.7 Å². The number of benzene rings is 1. The molecule has 1 fully saturated rings. The number of halogens is 1. The Bertz CT molecular complexity index is 1780. The number of aryl methyl sites for hydroxylation is 1. The van der Waals surface area contributed by atoms with Gasteiger partial charge in [0.25, 0.3) is 11.5 Å². The fraction of sp³-hybridized carbons (Fsp3) is 0.310. The number of fused-ring (bicyclic) bond motifs is 1. The maximum absolute atomic E-state index is 13.4. The summed E-state index contributed by atoms with van der Waals surface area (Å²) >= 11 is 6.74. The fourth-order valence-electron chi connectivity index (χ4n) is 4.92. The molecule has 4 aromatic rings. The van der Waals surface area contributed by atoms with Crippen LogP contribution in [0, 0.1) is 6.92 Å². The van der Waals surface area contributed by atoms with Gasteiger partial charge >= 0.3 is 0 Å². The molecule has 1 amide bonds. The van der Waals surface area contributed by atoms with Gasteiger partial charge in [-0.25, -0.2) is 13.4 Å². The number of Topliss-reactive ketones (excluding diaryl/α,β-unsaturated/α-hetero) is 1. The Labute approximate surface area is 246 Å². The molecular weight excluding hydrogens is 584 g/mol. The first-order valence-electron chi connectivity index (χ1n) is 13.2. The smallest absolute Gasteiger partial charge is 0.264 e.